The summed E-state index contributed by atoms with van der Waals surface area (Å²) in [6, 6.07) is 9.10. The predicted molar refractivity (Wildman–Crippen MR) is 65.3 cm³/mol. The van der Waals surface area contributed by atoms with Crippen LogP contribution in [0.15, 0.2) is 30.3 Å². The molecule has 1 aliphatic rings. The highest BCUT2D eigenvalue weighted by Crippen LogP contribution is 2.53. The maximum atomic E-state index is 12.7. The van der Waals surface area contributed by atoms with Crippen LogP contribution in [0.4, 0.5) is 13.2 Å². The Morgan fingerprint density at radius 2 is 1.76 bits per heavy atom. The Kier molecular flexibility index (Phi) is 3.53. The van der Waals surface area contributed by atoms with Crippen molar-refractivity contribution in [2.75, 3.05) is 5.33 Å². The zero-order valence-electron chi connectivity index (χ0n) is 9.30. The molecule has 1 fully saturated rings. The Balaban J connectivity index is 2.21. The Morgan fingerprint density at radius 3 is 2.24 bits per heavy atom. The van der Waals surface area contributed by atoms with E-state index < -0.39 is 18.0 Å². The summed E-state index contributed by atoms with van der Waals surface area (Å²) < 4.78 is 38.0. The molecule has 0 heterocycles. The van der Waals surface area contributed by atoms with Crippen molar-refractivity contribution in [2.24, 2.45) is 5.92 Å². The number of benzene rings is 1. The molecule has 0 aliphatic heterocycles. The Bertz CT molecular complexity index is 366. The van der Waals surface area contributed by atoms with E-state index in [0.29, 0.717) is 18.8 Å². The first-order chi connectivity index (χ1) is 7.95. The molecule has 4 heteroatoms. The molecule has 0 bridgehead atoms. The van der Waals surface area contributed by atoms with Gasteiger partial charge in [-0.15, -0.1) is 0 Å². The van der Waals surface area contributed by atoms with Crippen LogP contribution in [-0.4, -0.2) is 11.5 Å². The summed E-state index contributed by atoms with van der Waals surface area (Å²) in [6.45, 7) is 0. The molecule has 2 rings (SSSR count). The van der Waals surface area contributed by atoms with E-state index in [2.05, 4.69) is 15.9 Å². The Hall–Kier alpha value is -0.510. The van der Waals surface area contributed by atoms with Crippen molar-refractivity contribution >= 4 is 15.9 Å². The molecule has 0 atom stereocenters. The fourth-order valence-electron chi connectivity index (χ4n) is 2.81. The van der Waals surface area contributed by atoms with E-state index >= 15 is 0 Å². The SMILES string of the molecule is FC(F)(F)CC1(c2ccccc2)CC(CBr)C1. The largest absolute Gasteiger partial charge is 0.389 e. The molecule has 0 amide bonds. The number of hydrogen-bond donors (Lipinski definition) is 0. The van der Waals surface area contributed by atoms with E-state index in [1.807, 2.05) is 30.3 Å². The van der Waals surface area contributed by atoms with Gasteiger partial charge in [-0.3, -0.25) is 0 Å². The van der Waals surface area contributed by atoms with Gasteiger partial charge in [0, 0.05) is 10.7 Å². The van der Waals surface area contributed by atoms with Gasteiger partial charge in [-0.2, -0.15) is 13.2 Å². The quantitative estimate of drug-likeness (QED) is 0.711. The first-order valence-electron chi connectivity index (χ1n) is 5.63. The van der Waals surface area contributed by atoms with Crippen LogP contribution < -0.4 is 0 Å². The van der Waals surface area contributed by atoms with Gasteiger partial charge in [0.05, 0.1) is 6.42 Å². The van der Waals surface area contributed by atoms with Gasteiger partial charge in [-0.1, -0.05) is 46.3 Å². The number of rotatable bonds is 3. The summed E-state index contributed by atoms with van der Waals surface area (Å²) in [7, 11) is 0. The summed E-state index contributed by atoms with van der Waals surface area (Å²) in [5.74, 6) is 0.373. The van der Waals surface area contributed by atoms with Crippen molar-refractivity contribution in [2.45, 2.75) is 30.9 Å². The lowest BCUT2D eigenvalue weighted by molar-refractivity contribution is -0.159. The molecule has 0 spiro atoms. The molecule has 1 saturated carbocycles. The highest BCUT2D eigenvalue weighted by atomic mass is 79.9. The predicted octanol–water partition coefficient (Wildman–Crippen LogP) is 4.68. The van der Waals surface area contributed by atoms with Gasteiger partial charge in [0.1, 0.15) is 0 Å². The minimum Gasteiger partial charge on any atom is -0.171 e. The van der Waals surface area contributed by atoms with E-state index in [9.17, 15) is 13.2 Å². The molecule has 0 nitrogen and oxygen atoms in total. The maximum absolute atomic E-state index is 12.7. The molecule has 0 aromatic heterocycles. The number of alkyl halides is 4. The van der Waals surface area contributed by atoms with Crippen LogP contribution in [0.3, 0.4) is 0 Å². The molecule has 0 radical (unpaired) electrons. The van der Waals surface area contributed by atoms with E-state index in [4.69, 9.17) is 0 Å². The Labute approximate surface area is 107 Å². The van der Waals surface area contributed by atoms with E-state index in [-0.39, 0.29) is 0 Å². The van der Waals surface area contributed by atoms with Crippen LogP contribution in [0.5, 0.6) is 0 Å². The van der Waals surface area contributed by atoms with Gasteiger partial charge in [0.15, 0.2) is 0 Å². The summed E-state index contributed by atoms with van der Waals surface area (Å²) in [4.78, 5) is 0. The van der Waals surface area contributed by atoms with Crippen molar-refractivity contribution in [3.05, 3.63) is 35.9 Å². The third-order valence-corrected chi connectivity index (χ3v) is 4.42. The zero-order chi connectivity index (χ0) is 12.5. The topological polar surface area (TPSA) is 0 Å². The minimum atomic E-state index is -4.09. The van der Waals surface area contributed by atoms with Gasteiger partial charge < -0.3 is 0 Å². The number of halogens is 4. The van der Waals surface area contributed by atoms with Gasteiger partial charge in [-0.25, -0.2) is 0 Å². The monoisotopic (exact) mass is 306 g/mol. The van der Waals surface area contributed by atoms with Crippen molar-refractivity contribution in [1.29, 1.82) is 0 Å². The third kappa shape index (κ3) is 2.84. The molecular weight excluding hydrogens is 293 g/mol. The average Bonchev–Trinajstić information content (AvgIpc) is 2.22. The fourth-order valence-corrected chi connectivity index (χ4v) is 3.27. The average molecular weight is 307 g/mol. The van der Waals surface area contributed by atoms with Crippen LogP contribution in [0.1, 0.15) is 24.8 Å². The second kappa shape index (κ2) is 4.63. The second-order valence-corrected chi connectivity index (χ2v) is 5.51. The minimum absolute atomic E-state index is 0.373. The van der Waals surface area contributed by atoms with Crippen molar-refractivity contribution in [1.82, 2.24) is 0 Å². The zero-order valence-corrected chi connectivity index (χ0v) is 10.9. The maximum Gasteiger partial charge on any atom is 0.389 e. The van der Waals surface area contributed by atoms with Crippen molar-refractivity contribution < 1.29 is 13.2 Å². The molecule has 1 aliphatic carbocycles. The Morgan fingerprint density at radius 1 is 1.18 bits per heavy atom. The molecule has 94 valence electrons. The lowest BCUT2D eigenvalue weighted by Gasteiger charge is -2.48. The van der Waals surface area contributed by atoms with Gasteiger partial charge >= 0.3 is 6.18 Å². The van der Waals surface area contributed by atoms with E-state index in [1.54, 1.807) is 0 Å². The first kappa shape index (κ1) is 12.9. The van der Waals surface area contributed by atoms with Crippen molar-refractivity contribution in [3.8, 4) is 0 Å². The molecule has 0 unspecified atom stereocenters. The van der Waals surface area contributed by atoms with Gasteiger partial charge in [-0.05, 0) is 24.3 Å². The van der Waals surface area contributed by atoms with Crippen LogP contribution in [0.2, 0.25) is 0 Å². The smallest absolute Gasteiger partial charge is 0.171 e. The van der Waals surface area contributed by atoms with Crippen LogP contribution in [-0.2, 0) is 5.41 Å². The van der Waals surface area contributed by atoms with Crippen LogP contribution in [0.25, 0.3) is 0 Å². The van der Waals surface area contributed by atoms with E-state index in [0.717, 1.165) is 10.9 Å². The van der Waals surface area contributed by atoms with E-state index in [1.165, 1.54) is 0 Å². The summed E-state index contributed by atoms with van der Waals surface area (Å²) in [6.07, 6.45) is -3.54. The van der Waals surface area contributed by atoms with Crippen LogP contribution in [0, 0.1) is 5.92 Å². The lowest BCUT2D eigenvalue weighted by atomic mass is 9.57. The summed E-state index contributed by atoms with van der Waals surface area (Å²) in [5, 5.41) is 0.791. The van der Waals surface area contributed by atoms with Gasteiger partial charge in [0.2, 0.25) is 0 Å². The highest BCUT2D eigenvalue weighted by molar-refractivity contribution is 9.09. The normalized spacial score (nSPS) is 28.8. The molecule has 17 heavy (non-hydrogen) atoms. The van der Waals surface area contributed by atoms with Gasteiger partial charge in [0.25, 0.3) is 0 Å². The molecule has 1 aromatic carbocycles. The first-order valence-corrected chi connectivity index (χ1v) is 6.76. The molecule has 1 aromatic rings. The summed E-state index contributed by atoms with van der Waals surface area (Å²) in [5.41, 5.74) is 0.146. The molecule has 0 saturated heterocycles. The summed E-state index contributed by atoms with van der Waals surface area (Å²) >= 11 is 3.35. The molecule has 0 N–H and O–H groups in total. The second-order valence-electron chi connectivity index (χ2n) is 4.87. The fraction of sp³-hybridized carbons (Fsp3) is 0.538. The van der Waals surface area contributed by atoms with Crippen molar-refractivity contribution in [3.63, 3.8) is 0 Å². The highest BCUT2D eigenvalue weighted by Gasteiger charge is 2.51. The molecular formula is C13H14BrF3. The third-order valence-electron chi connectivity index (χ3n) is 3.50. The van der Waals surface area contributed by atoms with Crippen LogP contribution >= 0.6 is 15.9 Å². The lowest BCUT2D eigenvalue weighted by Crippen LogP contribution is -2.45. The standard InChI is InChI=1S/C13H14BrF3/c14-8-10-6-12(7-10,9-13(15,16)17)11-4-2-1-3-5-11/h1-5,10H,6-9H2. The number of hydrogen-bond acceptors (Lipinski definition) is 0.